The standard InChI is InChI=1S/C22H31N3O4S/c26-12-16(27)11-14-1-6-18-19(14)20-21(23-13-24-22(20)30-18)29-17-4-2-15(3-5-17)25-7-9-28-10-8-25/h13-17,26-27H,1-12H2/t14-,15?,16+,17?/m1/s1. The summed E-state index contributed by atoms with van der Waals surface area (Å²) < 4.78 is 12.0. The Morgan fingerprint density at radius 3 is 2.73 bits per heavy atom. The van der Waals surface area contributed by atoms with Crippen LogP contribution in [0.3, 0.4) is 0 Å². The third kappa shape index (κ3) is 4.08. The van der Waals surface area contributed by atoms with Crippen LogP contribution in [0.1, 0.15) is 54.9 Å². The highest BCUT2D eigenvalue weighted by molar-refractivity contribution is 7.19. The highest BCUT2D eigenvalue weighted by atomic mass is 32.1. The molecule has 0 amide bonds. The summed E-state index contributed by atoms with van der Waals surface area (Å²) in [5.74, 6) is 0.944. The third-order valence-corrected chi connectivity index (χ3v) is 8.12. The molecule has 0 unspecified atom stereocenters. The fraction of sp³-hybridized carbons (Fsp3) is 0.727. The zero-order valence-corrected chi connectivity index (χ0v) is 18.1. The first-order valence-electron chi connectivity index (χ1n) is 11.3. The molecule has 30 heavy (non-hydrogen) atoms. The Balaban J connectivity index is 1.31. The van der Waals surface area contributed by atoms with Gasteiger partial charge in [-0.25, -0.2) is 9.97 Å². The van der Waals surface area contributed by atoms with E-state index in [9.17, 15) is 10.2 Å². The number of aliphatic hydroxyl groups is 2. The molecule has 0 aromatic carbocycles. The van der Waals surface area contributed by atoms with Gasteiger partial charge in [0, 0.05) is 24.0 Å². The maximum absolute atomic E-state index is 10.00. The Morgan fingerprint density at radius 2 is 1.97 bits per heavy atom. The highest BCUT2D eigenvalue weighted by Crippen LogP contribution is 2.47. The summed E-state index contributed by atoms with van der Waals surface area (Å²) in [4.78, 5) is 13.9. The van der Waals surface area contributed by atoms with Crippen LogP contribution < -0.4 is 4.74 Å². The van der Waals surface area contributed by atoms with Crippen LogP contribution in [0.4, 0.5) is 0 Å². The second-order valence-corrected chi connectivity index (χ2v) is 9.89. The first kappa shape index (κ1) is 20.6. The predicted octanol–water partition coefficient (Wildman–Crippen LogP) is 2.49. The SMILES string of the molecule is OC[C@@H](O)C[C@H]1CCc2sc3ncnc(OC4CCC(N5CCOCC5)CC4)c3c21. The van der Waals surface area contributed by atoms with Gasteiger partial charge in [0.25, 0.3) is 0 Å². The second-order valence-electron chi connectivity index (χ2n) is 8.80. The molecular formula is C22H31N3O4S. The van der Waals surface area contributed by atoms with Crippen LogP contribution in [0, 0.1) is 0 Å². The lowest BCUT2D eigenvalue weighted by Crippen LogP contribution is -2.46. The maximum atomic E-state index is 10.00. The topological polar surface area (TPSA) is 87.9 Å². The number of aryl methyl sites for hydroxylation is 1. The average Bonchev–Trinajstić information content (AvgIpc) is 3.35. The molecule has 0 spiro atoms. The predicted molar refractivity (Wildman–Crippen MR) is 115 cm³/mol. The molecule has 2 atom stereocenters. The molecule has 5 rings (SSSR count). The molecule has 3 heterocycles. The monoisotopic (exact) mass is 433 g/mol. The van der Waals surface area contributed by atoms with Gasteiger partial charge in [-0.1, -0.05) is 0 Å². The van der Waals surface area contributed by atoms with Crippen molar-refractivity contribution in [2.45, 2.75) is 69.1 Å². The van der Waals surface area contributed by atoms with Crippen molar-refractivity contribution in [1.82, 2.24) is 14.9 Å². The van der Waals surface area contributed by atoms with Gasteiger partial charge in [-0.2, -0.15) is 0 Å². The van der Waals surface area contributed by atoms with Crippen LogP contribution in [0.15, 0.2) is 6.33 Å². The molecule has 0 bridgehead atoms. The Hall–Kier alpha value is -1.32. The molecule has 2 aromatic heterocycles. The van der Waals surface area contributed by atoms with Crippen molar-refractivity contribution in [3.8, 4) is 5.88 Å². The van der Waals surface area contributed by atoms with E-state index in [4.69, 9.17) is 9.47 Å². The molecule has 1 saturated carbocycles. The molecule has 3 aliphatic rings. The fourth-order valence-corrected chi connectivity index (χ4v) is 6.63. The van der Waals surface area contributed by atoms with Crippen molar-refractivity contribution in [3.05, 3.63) is 16.8 Å². The maximum Gasteiger partial charge on any atom is 0.225 e. The molecule has 1 aliphatic heterocycles. The van der Waals surface area contributed by atoms with E-state index in [2.05, 4.69) is 14.9 Å². The minimum atomic E-state index is -0.680. The third-order valence-electron chi connectivity index (χ3n) is 6.95. The lowest BCUT2D eigenvalue weighted by atomic mass is 9.91. The van der Waals surface area contributed by atoms with Crippen LogP contribution in [0.25, 0.3) is 10.2 Å². The average molecular weight is 434 g/mol. The molecule has 164 valence electrons. The molecule has 2 fully saturated rings. The molecule has 1 saturated heterocycles. The number of rotatable bonds is 6. The normalized spacial score (nSPS) is 28.5. The van der Waals surface area contributed by atoms with E-state index in [0.29, 0.717) is 18.3 Å². The summed E-state index contributed by atoms with van der Waals surface area (Å²) >= 11 is 1.73. The Kier molecular flexibility index (Phi) is 6.20. The summed E-state index contributed by atoms with van der Waals surface area (Å²) in [6.07, 6.45) is 8.13. The number of hydrogen-bond acceptors (Lipinski definition) is 8. The Labute approximate surface area is 181 Å². The highest BCUT2D eigenvalue weighted by Gasteiger charge is 2.33. The lowest BCUT2D eigenvalue weighted by molar-refractivity contribution is -0.00126. The van der Waals surface area contributed by atoms with Crippen LogP contribution in [-0.4, -0.2) is 76.2 Å². The zero-order chi connectivity index (χ0) is 20.5. The van der Waals surface area contributed by atoms with Gasteiger partial charge in [0.05, 0.1) is 31.3 Å². The van der Waals surface area contributed by atoms with Crippen LogP contribution >= 0.6 is 11.3 Å². The summed E-state index contributed by atoms with van der Waals surface area (Å²) in [6, 6.07) is 0.647. The second kappa shape index (κ2) is 9.04. The van der Waals surface area contributed by atoms with E-state index in [1.165, 1.54) is 10.4 Å². The van der Waals surface area contributed by atoms with Crippen LogP contribution in [0.5, 0.6) is 5.88 Å². The van der Waals surface area contributed by atoms with E-state index in [1.54, 1.807) is 17.7 Å². The van der Waals surface area contributed by atoms with Gasteiger partial charge in [0.15, 0.2) is 0 Å². The van der Waals surface area contributed by atoms with Crippen molar-refractivity contribution in [2.75, 3.05) is 32.9 Å². The minimum absolute atomic E-state index is 0.193. The van der Waals surface area contributed by atoms with Crippen molar-refractivity contribution < 1.29 is 19.7 Å². The van der Waals surface area contributed by atoms with Crippen LogP contribution in [-0.2, 0) is 11.2 Å². The molecule has 0 radical (unpaired) electrons. The minimum Gasteiger partial charge on any atom is -0.474 e. The molecular weight excluding hydrogens is 402 g/mol. The van der Waals surface area contributed by atoms with Gasteiger partial charge in [0.1, 0.15) is 17.3 Å². The van der Waals surface area contributed by atoms with Gasteiger partial charge >= 0.3 is 0 Å². The first-order valence-corrected chi connectivity index (χ1v) is 12.1. The van der Waals surface area contributed by atoms with E-state index in [-0.39, 0.29) is 18.6 Å². The van der Waals surface area contributed by atoms with Crippen molar-refractivity contribution in [2.24, 2.45) is 0 Å². The molecule has 2 aliphatic carbocycles. The summed E-state index contributed by atoms with van der Waals surface area (Å²) in [5, 5.41) is 20.3. The molecule has 8 heteroatoms. The number of nitrogens with zero attached hydrogens (tertiary/aromatic N) is 3. The molecule has 7 nitrogen and oxygen atoms in total. The first-order chi connectivity index (χ1) is 14.7. The largest absolute Gasteiger partial charge is 0.474 e. The van der Waals surface area contributed by atoms with Gasteiger partial charge in [-0.3, -0.25) is 4.90 Å². The van der Waals surface area contributed by atoms with Crippen LogP contribution in [0.2, 0.25) is 0 Å². The summed E-state index contributed by atoms with van der Waals surface area (Å²) in [5.41, 5.74) is 1.25. The van der Waals surface area contributed by atoms with Gasteiger partial charge in [0.2, 0.25) is 5.88 Å². The Morgan fingerprint density at radius 1 is 1.17 bits per heavy atom. The fourth-order valence-electron chi connectivity index (χ4n) is 5.40. The lowest BCUT2D eigenvalue weighted by Gasteiger charge is -2.38. The number of aromatic nitrogens is 2. The number of hydrogen-bond donors (Lipinski definition) is 2. The number of ether oxygens (including phenoxy) is 2. The molecule has 2 N–H and O–H groups in total. The zero-order valence-electron chi connectivity index (χ0n) is 17.3. The van der Waals surface area contributed by atoms with E-state index in [1.807, 2.05) is 0 Å². The van der Waals surface area contributed by atoms with Gasteiger partial charge in [-0.05, 0) is 56.4 Å². The number of thiophene rings is 1. The Bertz CT molecular complexity index is 861. The summed E-state index contributed by atoms with van der Waals surface area (Å²) in [7, 11) is 0. The smallest absolute Gasteiger partial charge is 0.225 e. The van der Waals surface area contributed by atoms with E-state index < -0.39 is 6.10 Å². The molecule has 2 aromatic rings. The van der Waals surface area contributed by atoms with E-state index in [0.717, 1.165) is 75.0 Å². The van der Waals surface area contributed by atoms with Crippen molar-refractivity contribution in [3.63, 3.8) is 0 Å². The van der Waals surface area contributed by atoms with Crippen molar-refractivity contribution >= 4 is 21.6 Å². The van der Waals surface area contributed by atoms with Gasteiger partial charge < -0.3 is 19.7 Å². The van der Waals surface area contributed by atoms with Gasteiger partial charge in [-0.15, -0.1) is 11.3 Å². The van der Waals surface area contributed by atoms with Crippen molar-refractivity contribution in [1.29, 1.82) is 0 Å². The number of aliphatic hydroxyl groups excluding tert-OH is 2. The number of fused-ring (bicyclic) bond motifs is 3. The van der Waals surface area contributed by atoms with E-state index >= 15 is 0 Å². The summed E-state index contributed by atoms with van der Waals surface area (Å²) in [6.45, 7) is 3.60. The number of morpholine rings is 1. The quantitative estimate of drug-likeness (QED) is 0.724.